The van der Waals surface area contributed by atoms with Crippen LogP contribution in [0.3, 0.4) is 0 Å². The van der Waals surface area contributed by atoms with Crippen molar-refractivity contribution in [2.75, 3.05) is 10.6 Å². The van der Waals surface area contributed by atoms with E-state index in [1.807, 2.05) is 6.07 Å². The SMILES string of the molecule is C[C@H](NC(=O)O)[C@@H](Nc1nc(Nc2ccc(F)cc2)c(C#N)cc1F)C1CCC1. The molecule has 1 aliphatic carbocycles. The number of carboxylic acid groups (broad SMARTS) is 1. The average molecular weight is 401 g/mol. The molecule has 9 heteroatoms. The van der Waals surface area contributed by atoms with Crippen LogP contribution in [0.5, 0.6) is 0 Å². The molecule has 0 aliphatic heterocycles. The van der Waals surface area contributed by atoms with E-state index < -0.39 is 23.8 Å². The number of benzene rings is 1. The number of aromatic nitrogens is 1. The van der Waals surface area contributed by atoms with Gasteiger partial charge >= 0.3 is 6.09 Å². The molecule has 0 spiro atoms. The lowest BCUT2D eigenvalue weighted by Gasteiger charge is -2.38. The summed E-state index contributed by atoms with van der Waals surface area (Å²) in [6.07, 6.45) is 1.68. The van der Waals surface area contributed by atoms with Crippen molar-refractivity contribution in [3.05, 3.63) is 47.5 Å². The number of halogens is 2. The molecule has 0 unspecified atom stereocenters. The molecular weight excluding hydrogens is 380 g/mol. The molecule has 1 fully saturated rings. The number of amides is 1. The number of carbonyl (C=O) groups is 1. The molecule has 2 aromatic rings. The first kappa shape index (κ1) is 20.3. The molecule has 3 rings (SSSR count). The lowest BCUT2D eigenvalue weighted by Crippen LogP contribution is -2.50. The van der Waals surface area contributed by atoms with Crippen molar-refractivity contribution in [1.82, 2.24) is 10.3 Å². The molecule has 7 nitrogen and oxygen atoms in total. The Morgan fingerprint density at radius 2 is 1.97 bits per heavy atom. The predicted molar refractivity (Wildman–Crippen MR) is 104 cm³/mol. The normalized spacial score (nSPS) is 15.5. The molecule has 2 atom stereocenters. The minimum Gasteiger partial charge on any atom is -0.465 e. The van der Waals surface area contributed by atoms with Crippen LogP contribution in [0.2, 0.25) is 0 Å². The van der Waals surface area contributed by atoms with Gasteiger partial charge in [-0.1, -0.05) is 6.42 Å². The highest BCUT2D eigenvalue weighted by atomic mass is 19.1. The van der Waals surface area contributed by atoms with Gasteiger partial charge in [0.25, 0.3) is 0 Å². The molecule has 152 valence electrons. The fourth-order valence-corrected chi connectivity index (χ4v) is 3.33. The average Bonchev–Trinajstić information content (AvgIpc) is 2.63. The first-order valence-electron chi connectivity index (χ1n) is 9.26. The second-order valence-corrected chi connectivity index (χ2v) is 7.06. The fourth-order valence-electron chi connectivity index (χ4n) is 3.33. The molecule has 0 bridgehead atoms. The van der Waals surface area contributed by atoms with E-state index in [0.717, 1.165) is 25.3 Å². The second-order valence-electron chi connectivity index (χ2n) is 7.06. The molecule has 1 saturated carbocycles. The number of nitrogens with one attached hydrogen (secondary N) is 3. The third-order valence-electron chi connectivity index (χ3n) is 5.05. The van der Waals surface area contributed by atoms with E-state index >= 15 is 0 Å². The largest absolute Gasteiger partial charge is 0.465 e. The van der Waals surface area contributed by atoms with E-state index in [1.165, 1.54) is 24.3 Å². The highest BCUT2D eigenvalue weighted by Crippen LogP contribution is 2.33. The number of hydrogen-bond donors (Lipinski definition) is 4. The van der Waals surface area contributed by atoms with Gasteiger partial charge in [-0.05, 0) is 56.0 Å². The maximum Gasteiger partial charge on any atom is 0.404 e. The second kappa shape index (κ2) is 8.73. The topological polar surface area (TPSA) is 110 Å². The van der Waals surface area contributed by atoms with E-state index in [4.69, 9.17) is 5.11 Å². The Bertz CT molecular complexity index is 926. The van der Waals surface area contributed by atoms with Gasteiger partial charge in [0, 0.05) is 11.7 Å². The third-order valence-corrected chi connectivity index (χ3v) is 5.05. The molecule has 1 heterocycles. The summed E-state index contributed by atoms with van der Waals surface area (Å²) in [7, 11) is 0. The molecule has 0 radical (unpaired) electrons. The molecule has 1 amide bonds. The van der Waals surface area contributed by atoms with Crippen LogP contribution in [0.25, 0.3) is 0 Å². The number of nitriles is 1. The van der Waals surface area contributed by atoms with Crippen molar-refractivity contribution in [3.63, 3.8) is 0 Å². The Hall–Kier alpha value is -3.41. The van der Waals surface area contributed by atoms with Crippen molar-refractivity contribution in [2.24, 2.45) is 5.92 Å². The Kier molecular flexibility index (Phi) is 6.12. The van der Waals surface area contributed by atoms with Crippen LogP contribution in [0.1, 0.15) is 31.7 Å². The molecule has 4 N–H and O–H groups in total. The lowest BCUT2D eigenvalue weighted by atomic mass is 9.77. The molecule has 29 heavy (non-hydrogen) atoms. The van der Waals surface area contributed by atoms with Gasteiger partial charge in [0.2, 0.25) is 0 Å². The van der Waals surface area contributed by atoms with Crippen LogP contribution in [0, 0.1) is 28.9 Å². The van der Waals surface area contributed by atoms with E-state index in [-0.39, 0.29) is 29.2 Å². The standard InChI is InChI=1S/C20H21F2N5O2/c1-11(24-20(28)29)17(12-3-2-4-12)26-19-16(22)9-13(10-23)18(27-19)25-15-7-5-14(21)6-8-15/h5-9,11-12,17,24H,2-4H2,1H3,(H,28,29)(H2,25,26,27)/t11-,17+/m0/s1. The van der Waals surface area contributed by atoms with Gasteiger partial charge in [-0.15, -0.1) is 0 Å². The highest BCUT2D eigenvalue weighted by Gasteiger charge is 2.33. The van der Waals surface area contributed by atoms with E-state index in [0.29, 0.717) is 5.69 Å². The predicted octanol–water partition coefficient (Wildman–Crippen LogP) is 4.21. The van der Waals surface area contributed by atoms with Crippen LogP contribution in [-0.4, -0.2) is 28.3 Å². The van der Waals surface area contributed by atoms with Crippen molar-refractivity contribution in [2.45, 2.75) is 38.3 Å². The number of hydrogen-bond acceptors (Lipinski definition) is 5. The number of rotatable bonds is 7. The van der Waals surface area contributed by atoms with Gasteiger partial charge in [-0.25, -0.2) is 18.6 Å². The maximum atomic E-state index is 14.6. The Morgan fingerprint density at radius 1 is 1.28 bits per heavy atom. The fraction of sp³-hybridized carbons (Fsp3) is 0.350. The minimum absolute atomic E-state index is 0.00530. The first-order valence-corrected chi connectivity index (χ1v) is 9.26. The maximum absolute atomic E-state index is 14.6. The molecule has 1 aromatic carbocycles. The Balaban J connectivity index is 1.88. The smallest absolute Gasteiger partial charge is 0.404 e. The lowest BCUT2D eigenvalue weighted by molar-refractivity contribution is 0.180. The Labute approximate surface area is 166 Å². The summed E-state index contributed by atoms with van der Waals surface area (Å²) >= 11 is 0. The third kappa shape index (κ3) is 4.90. The monoisotopic (exact) mass is 401 g/mol. The molecule has 0 saturated heterocycles. The highest BCUT2D eigenvalue weighted by molar-refractivity contribution is 5.66. The van der Waals surface area contributed by atoms with Gasteiger partial charge < -0.3 is 21.1 Å². The van der Waals surface area contributed by atoms with Crippen molar-refractivity contribution < 1.29 is 18.7 Å². The molecule has 1 aliphatic rings. The van der Waals surface area contributed by atoms with Gasteiger partial charge in [0.1, 0.15) is 11.9 Å². The van der Waals surface area contributed by atoms with Gasteiger partial charge in [-0.2, -0.15) is 5.26 Å². The van der Waals surface area contributed by atoms with Crippen LogP contribution < -0.4 is 16.0 Å². The van der Waals surface area contributed by atoms with Gasteiger partial charge in [0.05, 0.1) is 11.6 Å². The van der Waals surface area contributed by atoms with E-state index in [1.54, 1.807) is 6.92 Å². The summed E-state index contributed by atoms with van der Waals surface area (Å²) in [6.45, 7) is 1.71. The zero-order valence-corrected chi connectivity index (χ0v) is 15.7. The zero-order chi connectivity index (χ0) is 21.0. The van der Waals surface area contributed by atoms with E-state index in [9.17, 15) is 18.8 Å². The van der Waals surface area contributed by atoms with Crippen molar-refractivity contribution in [3.8, 4) is 6.07 Å². The van der Waals surface area contributed by atoms with Crippen LogP contribution >= 0.6 is 0 Å². The van der Waals surface area contributed by atoms with Crippen molar-refractivity contribution in [1.29, 1.82) is 5.26 Å². The quantitative estimate of drug-likeness (QED) is 0.553. The summed E-state index contributed by atoms with van der Waals surface area (Å²) in [5.41, 5.74) is 0.485. The Morgan fingerprint density at radius 3 is 2.52 bits per heavy atom. The summed E-state index contributed by atoms with van der Waals surface area (Å²) in [5.74, 6) is -0.896. The summed E-state index contributed by atoms with van der Waals surface area (Å²) in [6, 6.07) is 7.59. The van der Waals surface area contributed by atoms with Crippen LogP contribution in [-0.2, 0) is 0 Å². The summed E-state index contributed by atoms with van der Waals surface area (Å²) in [4.78, 5) is 15.2. The number of nitrogens with zero attached hydrogens (tertiary/aromatic N) is 2. The van der Waals surface area contributed by atoms with Crippen LogP contribution in [0.15, 0.2) is 30.3 Å². The van der Waals surface area contributed by atoms with Gasteiger partial charge in [-0.3, -0.25) is 0 Å². The molecular formula is C20H21F2N5O2. The zero-order valence-electron chi connectivity index (χ0n) is 15.7. The first-order chi connectivity index (χ1) is 13.9. The van der Waals surface area contributed by atoms with Crippen LogP contribution in [0.4, 0.5) is 30.9 Å². The van der Waals surface area contributed by atoms with Crippen molar-refractivity contribution >= 4 is 23.4 Å². The summed E-state index contributed by atoms with van der Waals surface area (Å²) in [5, 5.41) is 26.7. The molecule has 1 aromatic heterocycles. The van der Waals surface area contributed by atoms with E-state index in [2.05, 4.69) is 20.9 Å². The summed E-state index contributed by atoms with van der Waals surface area (Å²) < 4.78 is 27.7. The number of anilines is 3. The number of pyridine rings is 1. The van der Waals surface area contributed by atoms with Gasteiger partial charge in [0.15, 0.2) is 17.5 Å². The minimum atomic E-state index is -1.16.